The first-order chi connectivity index (χ1) is 13.2. The highest BCUT2D eigenvalue weighted by Gasteiger charge is 2.26. The lowest BCUT2D eigenvalue weighted by Crippen LogP contribution is -2.28. The summed E-state index contributed by atoms with van der Waals surface area (Å²) in [5.74, 6) is 2.20. The van der Waals surface area contributed by atoms with Gasteiger partial charge in [-0.05, 0) is 24.3 Å². The lowest BCUT2D eigenvalue weighted by atomic mass is 10.1. The number of rotatable bonds is 5. The monoisotopic (exact) mass is 367 g/mol. The molecule has 2 aromatic carbocycles. The van der Waals surface area contributed by atoms with Crippen molar-refractivity contribution in [1.29, 1.82) is 0 Å². The highest BCUT2D eigenvalue weighted by molar-refractivity contribution is 5.35. The van der Waals surface area contributed by atoms with Gasteiger partial charge in [-0.2, -0.15) is 0 Å². The molecule has 0 radical (unpaired) electrons. The Hall–Kier alpha value is -2.63. The number of ether oxygens (including phenoxy) is 2. The topological polar surface area (TPSA) is 34.8 Å². The number of halogens is 1. The highest BCUT2D eigenvalue weighted by Crippen LogP contribution is 2.32. The molecule has 0 bridgehead atoms. The SMILES string of the molecule is COCc1ccc(CN2Cc3ccccc3OC(c3ccccc3F)C2)o1. The average Bonchev–Trinajstić information content (AvgIpc) is 3.01. The molecule has 4 rings (SSSR count). The Labute approximate surface area is 158 Å². The number of benzene rings is 2. The van der Waals surface area contributed by atoms with E-state index in [-0.39, 0.29) is 11.9 Å². The van der Waals surface area contributed by atoms with Gasteiger partial charge in [0.2, 0.25) is 0 Å². The van der Waals surface area contributed by atoms with Gasteiger partial charge in [0.15, 0.2) is 0 Å². The Balaban J connectivity index is 1.61. The summed E-state index contributed by atoms with van der Waals surface area (Å²) in [5.41, 5.74) is 1.65. The first-order valence-electron chi connectivity index (χ1n) is 9.01. The van der Waals surface area contributed by atoms with Crippen LogP contribution in [0.4, 0.5) is 4.39 Å². The number of nitrogens with zero attached hydrogens (tertiary/aromatic N) is 1. The molecular weight excluding hydrogens is 345 g/mol. The van der Waals surface area contributed by atoms with Crippen molar-refractivity contribution in [2.75, 3.05) is 13.7 Å². The number of methoxy groups -OCH3 is 1. The van der Waals surface area contributed by atoms with E-state index in [4.69, 9.17) is 13.9 Å². The van der Waals surface area contributed by atoms with Gasteiger partial charge >= 0.3 is 0 Å². The van der Waals surface area contributed by atoms with Crippen LogP contribution in [-0.2, 0) is 24.4 Å². The lowest BCUT2D eigenvalue weighted by molar-refractivity contribution is 0.131. The Bertz CT molecular complexity index is 908. The van der Waals surface area contributed by atoms with E-state index in [0.29, 0.717) is 31.8 Å². The van der Waals surface area contributed by atoms with Crippen LogP contribution < -0.4 is 4.74 Å². The molecule has 0 saturated heterocycles. The van der Waals surface area contributed by atoms with Gasteiger partial charge in [0.1, 0.15) is 35.8 Å². The number of fused-ring (bicyclic) bond motifs is 1. The molecule has 0 saturated carbocycles. The van der Waals surface area contributed by atoms with Gasteiger partial charge in [-0.25, -0.2) is 4.39 Å². The molecule has 1 aliphatic heterocycles. The Morgan fingerprint density at radius 2 is 1.81 bits per heavy atom. The molecule has 0 amide bonds. The van der Waals surface area contributed by atoms with E-state index in [1.165, 1.54) is 6.07 Å². The molecule has 1 atom stereocenters. The van der Waals surface area contributed by atoms with Crippen LogP contribution in [0.5, 0.6) is 5.75 Å². The maximum absolute atomic E-state index is 14.4. The zero-order chi connectivity index (χ0) is 18.6. The van der Waals surface area contributed by atoms with Crippen LogP contribution >= 0.6 is 0 Å². The molecule has 0 spiro atoms. The largest absolute Gasteiger partial charge is 0.484 e. The summed E-state index contributed by atoms with van der Waals surface area (Å²) in [6, 6.07) is 18.6. The predicted molar refractivity (Wildman–Crippen MR) is 99.7 cm³/mol. The summed E-state index contributed by atoms with van der Waals surface area (Å²) in [6.45, 7) is 2.34. The van der Waals surface area contributed by atoms with Crippen LogP contribution in [0.25, 0.3) is 0 Å². The molecule has 4 nitrogen and oxygen atoms in total. The van der Waals surface area contributed by atoms with E-state index in [2.05, 4.69) is 4.90 Å². The third-order valence-corrected chi connectivity index (χ3v) is 4.70. The second-order valence-corrected chi connectivity index (χ2v) is 6.71. The van der Waals surface area contributed by atoms with Crippen LogP contribution in [0.15, 0.2) is 65.1 Å². The molecule has 140 valence electrons. The average molecular weight is 367 g/mol. The Kier molecular flexibility index (Phi) is 5.23. The zero-order valence-corrected chi connectivity index (χ0v) is 15.2. The fraction of sp³-hybridized carbons (Fsp3) is 0.273. The van der Waals surface area contributed by atoms with Crippen molar-refractivity contribution in [3.8, 4) is 5.75 Å². The van der Waals surface area contributed by atoms with E-state index in [1.807, 2.05) is 42.5 Å². The molecular formula is C22H22FNO3. The predicted octanol–water partition coefficient (Wildman–Crippen LogP) is 4.70. The summed E-state index contributed by atoms with van der Waals surface area (Å²) in [6.07, 6.45) is -0.386. The minimum absolute atomic E-state index is 0.248. The van der Waals surface area contributed by atoms with Gasteiger partial charge in [-0.3, -0.25) is 4.90 Å². The van der Waals surface area contributed by atoms with Crippen LogP contribution in [0.2, 0.25) is 0 Å². The third kappa shape index (κ3) is 4.04. The van der Waals surface area contributed by atoms with Gasteiger partial charge in [-0.1, -0.05) is 36.4 Å². The maximum Gasteiger partial charge on any atom is 0.139 e. The van der Waals surface area contributed by atoms with Crippen molar-refractivity contribution in [3.05, 3.63) is 89.1 Å². The highest BCUT2D eigenvalue weighted by atomic mass is 19.1. The van der Waals surface area contributed by atoms with Gasteiger partial charge in [0.25, 0.3) is 0 Å². The number of hydrogen-bond donors (Lipinski definition) is 0. The fourth-order valence-corrected chi connectivity index (χ4v) is 3.45. The summed E-state index contributed by atoms with van der Waals surface area (Å²) in [4.78, 5) is 2.22. The van der Waals surface area contributed by atoms with E-state index < -0.39 is 0 Å². The Morgan fingerprint density at radius 3 is 2.67 bits per heavy atom. The van der Waals surface area contributed by atoms with Crippen LogP contribution in [-0.4, -0.2) is 18.6 Å². The minimum atomic E-state index is -0.386. The second-order valence-electron chi connectivity index (χ2n) is 6.71. The summed E-state index contributed by atoms with van der Waals surface area (Å²) in [5, 5.41) is 0. The quantitative estimate of drug-likeness (QED) is 0.655. The van der Waals surface area contributed by atoms with Crippen molar-refractivity contribution in [2.45, 2.75) is 25.8 Å². The number of hydrogen-bond acceptors (Lipinski definition) is 4. The number of para-hydroxylation sites is 1. The standard InChI is InChI=1S/C22H22FNO3/c1-25-15-18-11-10-17(26-18)13-24-12-16-6-2-5-9-21(16)27-22(14-24)19-7-3-4-8-20(19)23/h2-11,22H,12-15H2,1H3. The molecule has 1 aromatic heterocycles. The van der Waals surface area contributed by atoms with Gasteiger partial charge < -0.3 is 13.9 Å². The fourth-order valence-electron chi connectivity index (χ4n) is 3.45. The van der Waals surface area contributed by atoms with Crippen LogP contribution in [0.1, 0.15) is 28.8 Å². The molecule has 5 heteroatoms. The summed E-state index contributed by atoms with van der Waals surface area (Å²) < 4.78 is 31.6. The molecule has 0 fully saturated rings. The molecule has 1 unspecified atom stereocenters. The van der Waals surface area contributed by atoms with Crippen molar-refractivity contribution in [2.24, 2.45) is 0 Å². The maximum atomic E-state index is 14.4. The normalized spacial score (nSPS) is 17.2. The molecule has 2 heterocycles. The van der Waals surface area contributed by atoms with Crippen LogP contribution in [0.3, 0.4) is 0 Å². The van der Waals surface area contributed by atoms with E-state index in [9.17, 15) is 4.39 Å². The van der Waals surface area contributed by atoms with Gasteiger partial charge in [0, 0.05) is 31.3 Å². The second kappa shape index (κ2) is 7.94. The van der Waals surface area contributed by atoms with Gasteiger partial charge in [-0.15, -0.1) is 0 Å². The van der Waals surface area contributed by atoms with Crippen LogP contribution in [0, 0.1) is 5.82 Å². The third-order valence-electron chi connectivity index (χ3n) is 4.70. The Morgan fingerprint density at radius 1 is 1.04 bits per heavy atom. The minimum Gasteiger partial charge on any atom is -0.484 e. The lowest BCUT2D eigenvalue weighted by Gasteiger charge is -2.23. The van der Waals surface area contributed by atoms with E-state index in [0.717, 1.165) is 22.8 Å². The molecule has 27 heavy (non-hydrogen) atoms. The molecule has 3 aromatic rings. The van der Waals surface area contributed by atoms with Gasteiger partial charge in [0.05, 0.1) is 6.54 Å². The van der Waals surface area contributed by atoms with Crippen molar-refractivity contribution in [1.82, 2.24) is 4.90 Å². The molecule has 0 N–H and O–H groups in total. The molecule has 1 aliphatic rings. The first-order valence-corrected chi connectivity index (χ1v) is 9.01. The van der Waals surface area contributed by atoms with E-state index >= 15 is 0 Å². The smallest absolute Gasteiger partial charge is 0.139 e. The summed E-state index contributed by atoms with van der Waals surface area (Å²) in [7, 11) is 1.64. The van der Waals surface area contributed by atoms with Crippen molar-refractivity contribution >= 4 is 0 Å². The van der Waals surface area contributed by atoms with E-state index in [1.54, 1.807) is 19.2 Å². The molecule has 0 aliphatic carbocycles. The first kappa shape index (κ1) is 17.8. The zero-order valence-electron chi connectivity index (χ0n) is 15.2. The number of furan rings is 1. The van der Waals surface area contributed by atoms with Crippen molar-refractivity contribution < 1.29 is 18.3 Å². The van der Waals surface area contributed by atoms with Crippen molar-refractivity contribution in [3.63, 3.8) is 0 Å². The summed E-state index contributed by atoms with van der Waals surface area (Å²) >= 11 is 0.